The summed E-state index contributed by atoms with van der Waals surface area (Å²) in [7, 11) is 0. The Morgan fingerprint density at radius 1 is 1.24 bits per heavy atom. The standard InChI is InChI=1S/C15H18N4O2/c1-12(20)16-10-15(21)18-14(11-19-9-5-8-17-19)13-6-3-2-4-7-13/h2-9,14H,10-11H2,1H3,(H,16,20)(H,18,21). The predicted octanol–water partition coefficient (Wildman–Crippen LogP) is 0.877. The van der Waals surface area contributed by atoms with Crippen molar-refractivity contribution in [2.45, 2.75) is 19.5 Å². The molecule has 1 unspecified atom stereocenters. The molecule has 0 spiro atoms. The van der Waals surface area contributed by atoms with Gasteiger partial charge in [-0.3, -0.25) is 14.3 Å². The normalized spacial score (nSPS) is 11.7. The Hall–Kier alpha value is -2.63. The lowest BCUT2D eigenvalue weighted by atomic mass is 10.1. The second-order valence-electron chi connectivity index (χ2n) is 4.67. The van der Waals surface area contributed by atoms with Crippen LogP contribution in [0, 0.1) is 0 Å². The summed E-state index contributed by atoms with van der Waals surface area (Å²) in [5.74, 6) is -0.459. The van der Waals surface area contributed by atoms with Gasteiger partial charge in [0.25, 0.3) is 0 Å². The van der Waals surface area contributed by atoms with E-state index in [2.05, 4.69) is 15.7 Å². The molecule has 1 heterocycles. The monoisotopic (exact) mass is 286 g/mol. The number of hydrogen-bond acceptors (Lipinski definition) is 3. The Morgan fingerprint density at radius 2 is 2.00 bits per heavy atom. The van der Waals surface area contributed by atoms with Gasteiger partial charge in [0.1, 0.15) is 0 Å². The first-order valence-electron chi connectivity index (χ1n) is 6.71. The van der Waals surface area contributed by atoms with Gasteiger partial charge in [-0.1, -0.05) is 30.3 Å². The van der Waals surface area contributed by atoms with Crippen LogP contribution in [0.2, 0.25) is 0 Å². The number of nitrogens with zero attached hydrogens (tertiary/aromatic N) is 2. The van der Waals surface area contributed by atoms with Gasteiger partial charge in [-0.25, -0.2) is 0 Å². The lowest BCUT2D eigenvalue weighted by Crippen LogP contribution is -2.39. The summed E-state index contributed by atoms with van der Waals surface area (Å²) in [5, 5.41) is 9.56. The maximum absolute atomic E-state index is 11.9. The summed E-state index contributed by atoms with van der Waals surface area (Å²) in [4.78, 5) is 22.8. The summed E-state index contributed by atoms with van der Waals surface area (Å²) in [6.07, 6.45) is 3.54. The topological polar surface area (TPSA) is 76.0 Å². The molecule has 0 bridgehead atoms. The minimum absolute atomic E-state index is 0.0300. The second kappa shape index (κ2) is 7.23. The number of nitrogens with one attached hydrogen (secondary N) is 2. The van der Waals surface area contributed by atoms with Crippen LogP contribution < -0.4 is 10.6 Å². The van der Waals surface area contributed by atoms with Crippen LogP contribution in [-0.2, 0) is 16.1 Å². The summed E-state index contributed by atoms with van der Waals surface area (Å²) < 4.78 is 1.76. The van der Waals surface area contributed by atoms with Gasteiger partial charge < -0.3 is 10.6 Å². The van der Waals surface area contributed by atoms with E-state index in [1.54, 1.807) is 10.9 Å². The zero-order valence-electron chi connectivity index (χ0n) is 11.8. The van der Waals surface area contributed by atoms with Crippen molar-refractivity contribution < 1.29 is 9.59 Å². The summed E-state index contributed by atoms with van der Waals surface area (Å²) in [6, 6.07) is 11.3. The highest BCUT2D eigenvalue weighted by atomic mass is 16.2. The van der Waals surface area contributed by atoms with Crippen LogP contribution in [0.15, 0.2) is 48.8 Å². The average molecular weight is 286 g/mol. The van der Waals surface area contributed by atoms with E-state index in [0.717, 1.165) is 5.56 Å². The Kier molecular flexibility index (Phi) is 5.09. The van der Waals surface area contributed by atoms with Crippen LogP contribution in [0.4, 0.5) is 0 Å². The highest BCUT2D eigenvalue weighted by Crippen LogP contribution is 2.14. The van der Waals surface area contributed by atoms with Crippen LogP contribution in [0.1, 0.15) is 18.5 Å². The van der Waals surface area contributed by atoms with Crippen molar-refractivity contribution in [1.29, 1.82) is 0 Å². The number of aromatic nitrogens is 2. The van der Waals surface area contributed by atoms with Gasteiger partial charge in [0.15, 0.2) is 0 Å². The SMILES string of the molecule is CC(=O)NCC(=O)NC(Cn1cccn1)c1ccccc1. The van der Waals surface area contributed by atoms with Crippen molar-refractivity contribution in [1.82, 2.24) is 20.4 Å². The Bertz CT molecular complexity index is 581. The van der Waals surface area contributed by atoms with Crippen LogP contribution in [-0.4, -0.2) is 28.1 Å². The molecule has 2 N–H and O–H groups in total. The minimum Gasteiger partial charge on any atom is -0.347 e. The fourth-order valence-electron chi connectivity index (χ4n) is 1.97. The van der Waals surface area contributed by atoms with Crippen molar-refractivity contribution in [3.05, 3.63) is 54.4 Å². The van der Waals surface area contributed by atoms with Crippen LogP contribution >= 0.6 is 0 Å². The van der Waals surface area contributed by atoms with Gasteiger partial charge in [0.05, 0.1) is 19.1 Å². The maximum atomic E-state index is 11.9. The first-order valence-corrected chi connectivity index (χ1v) is 6.71. The first-order chi connectivity index (χ1) is 10.1. The molecule has 0 aliphatic rings. The van der Waals surface area contributed by atoms with Gasteiger partial charge in [-0.05, 0) is 11.6 Å². The third kappa shape index (κ3) is 4.76. The molecule has 2 rings (SSSR count). The largest absolute Gasteiger partial charge is 0.347 e. The molecule has 1 aromatic carbocycles. The van der Waals surface area contributed by atoms with E-state index < -0.39 is 0 Å². The summed E-state index contributed by atoms with van der Waals surface area (Å²) >= 11 is 0. The van der Waals surface area contributed by atoms with E-state index in [-0.39, 0.29) is 24.4 Å². The van der Waals surface area contributed by atoms with E-state index in [0.29, 0.717) is 6.54 Å². The van der Waals surface area contributed by atoms with Crippen LogP contribution in [0.3, 0.4) is 0 Å². The molecule has 0 saturated heterocycles. The molecule has 0 aliphatic carbocycles. The highest BCUT2D eigenvalue weighted by molar-refractivity contribution is 5.83. The fourth-order valence-corrected chi connectivity index (χ4v) is 1.97. The van der Waals surface area contributed by atoms with Crippen molar-refractivity contribution in [2.24, 2.45) is 0 Å². The highest BCUT2D eigenvalue weighted by Gasteiger charge is 2.15. The molecular weight excluding hydrogens is 268 g/mol. The number of rotatable bonds is 6. The lowest BCUT2D eigenvalue weighted by molar-refractivity contribution is -0.125. The Morgan fingerprint density at radius 3 is 2.62 bits per heavy atom. The molecule has 21 heavy (non-hydrogen) atoms. The third-order valence-corrected chi connectivity index (χ3v) is 2.96. The van der Waals surface area contributed by atoms with Crippen molar-refractivity contribution in [3.63, 3.8) is 0 Å². The number of benzene rings is 1. The molecule has 0 aliphatic heterocycles. The second-order valence-corrected chi connectivity index (χ2v) is 4.67. The van der Waals surface area contributed by atoms with E-state index in [1.807, 2.05) is 42.6 Å². The third-order valence-electron chi connectivity index (χ3n) is 2.96. The molecule has 0 fully saturated rings. The Balaban J connectivity index is 2.05. The molecule has 2 amide bonds. The quantitative estimate of drug-likeness (QED) is 0.827. The number of hydrogen-bond donors (Lipinski definition) is 2. The molecule has 1 atom stereocenters. The van der Waals surface area contributed by atoms with E-state index in [9.17, 15) is 9.59 Å². The average Bonchev–Trinajstić information content (AvgIpc) is 2.98. The molecule has 6 nitrogen and oxygen atoms in total. The summed E-state index contributed by atoms with van der Waals surface area (Å²) in [5.41, 5.74) is 0.990. The smallest absolute Gasteiger partial charge is 0.239 e. The molecule has 0 radical (unpaired) electrons. The van der Waals surface area contributed by atoms with Crippen molar-refractivity contribution in [2.75, 3.05) is 6.54 Å². The van der Waals surface area contributed by atoms with Crippen molar-refractivity contribution in [3.8, 4) is 0 Å². The van der Waals surface area contributed by atoms with Crippen LogP contribution in [0.5, 0.6) is 0 Å². The van der Waals surface area contributed by atoms with E-state index in [1.165, 1.54) is 6.92 Å². The summed E-state index contributed by atoms with van der Waals surface area (Å²) in [6.45, 7) is 1.88. The molecule has 2 aromatic rings. The van der Waals surface area contributed by atoms with Gasteiger partial charge in [0, 0.05) is 19.3 Å². The molecule has 110 valence electrons. The number of carbonyl (C=O) groups excluding carboxylic acids is 2. The zero-order chi connectivity index (χ0) is 15.1. The van der Waals surface area contributed by atoms with Gasteiger partial charge in [-0.15, -0.1) is 0 Å². The maximum Gasteiger partial charge on any atom is 0.239 e. The Labute approximate surface area is 123 Å². The van der Waals surface area contributed by atoms with Gasteiger partial charge >= 0.3 is 0 Å². The van der Waals surface area contributed by atoms with Crippen LogP contribution in [0.25, 0.3) is 0 Å². The molecular formula is C15H18N4O2. The number of amides is 2. The first kappa shape index (κ1) is 14.8. The molecule has 6 heteroatoms. The molecule has 1 aromatic heterocycles. The fraction of sp³-hybridized carbons (Fsp3) is 0.267. The predicted molar refractivity (Wildman–Crippen MR) is 78.2 cm³/mol. The zero-order valence-corrected chi connectivity index (χ0v) is 11.8. The lowest BCUT2D eigenvalue weighted by Gasteiger charge is -2.19. The van der Waals surface area contributed by atoms with Crippen molar-refractivity contribution >= 4 is 11.8 Å². The molecule has 0 saturated carbocycles. The van der Waals surface area contributed by atoms with E-state index in [4.69, 9.17) is 0 Å². The van der Waals surface area contributed by atoms with Gasteiger partial charge in [-0.2, -0.15) is 5.10 Å². The number of carbonyl (C=O) groups is 2. The minimum atomic E-state index is -0.230. The van der Waals surface area contributed by atoms with Gasteiger partial charge in [0.2, 0.25) is 11.8 Å². The van der Waals surface area contributed by atoms with E-state index >= 15 is 0 Å².